The first-order valence-electron chi connectivity index (χ1n) is 13.0. The van der Waals surface area contributed by atoms with Crippen molar-refractivity contribution in [1.82, 2.24) is 24.8 Å². The Labute approximate surface area is 219 Å². The maximum atomic E-state index is 13.4. The molecule has 0 bridgehead atoms. The molecule has 0 saturated carbocycles. The number of rotatable bonds is 5. The monoisotopic (exact) mass is 514 g/mol. The maximum absolute atomic E-state index is 13.4. The number of carbonyl (C=O) groups excluding carboxylic acids is 1. The van der Waals surface area contributed by atoms with Crippen LogP contribution < -0.4 is 9.64 Å². The number of aromatic amines is 1. The van der Waals surface area contributed by atoms with Gasteiger partial charge in [0.05, 0.1) is 23.9 Å². The minimum Gasteiger partial charge on any atom is -0.493 e. The normalized spacial score (nSPS) is 18.2. The molecule has 5 heterocycles. The number of piperazine rings is 1. The zero-order chi connectivity index (χ0) is 26.1. The highest BCUT2D eigenvalue weighted by molar-refractivity contribution is 6.10. The predicted molar refractivity (Wildman–Crippen MR) is 144 cm³/mol. The Kier molecular flexibility index (Phi) is 6.45. The van der Waals surface area contributed by atoms with Gasteiger partial charge in [-0.3, -0.25) is 4.98 Å². The van der Waals surface area contributed by atoms with Crippen molar-refractivity contribution in [1.29, 1.82) is 0 Å². The van der Waals surface area contributed by atoms with E-state index in [2.05, 4.69) is 25.9 Å². The van der Waals surface area contributed by atoms with Crippen molar-refractivity contribution in [3.63, 3.8) is 0 Å². The van der Waals surface area contributed by atoms with Crippen LogP contribution >= 0.6 is 0 Å². The highest BCUT2D eigenvalue weighted by atomic mass is 16.5. The van der Waals surface area contributed by atoms with Gasteiger partial charge in [-0.2, -0.15) is 0 Å². The Morgan fingerprint density at radius 1 is 1.00 bits per heavy atom. The molecule has 0 spiro atoms. The van der Waals surface area contributed by atoms with Crippen LogP contribution in [0.4, 0.5) is 10.5 Å². The number of carboxylic acids is 1. The van der Waals surface area contributed by atoms with E-state index in [0.29, 0.717) is 32.0 Å². The van der Waals surface area contributed by atoms with Crippen LogP contribution in [0.25, 0.3) is 21.9 Å². The minimum absolute atomic E-state index is 0.0944. The zero-order valence-electron chi connectivity index (χ0n) is 21.0. The topological polar surface area (TPSA) is 115 Å². The Bertz CT molecular complexity index is 1460. The first-order chi connectivity index (χ1) is 18.6. The number of fused-ring (bicyclic) bond motifs is 3. The number of nitrogens with zero attached hydrogens (tertiary/aromatic N) is 5. The van der Waals surface area contributed by atoms with Crippen LogP contribution in [0.1, 0.15) is 23.2 Å². The van der Waals surface area contributed by atoms with Gasteiger partial charge in [-0.1, -0.05) is 0 Å². The lowest BCUT2D eigenvalue weighted by molar-refractivity contribution is 0.0696. The second-order valence-corrected chi connectivity index (χ2v) is 9.94. The van der Waals surface area contributed by atoms with E-state index in [0.717, 1.165) is 60.1 Å². The summed E-state index contributed by atoms with van der Waals surface area (Å²) in [6.07, 6.45) is 7.48. The number of nitrogens with one attached hydrogen (secondary N) is 1. The van der Waals surface area contributed by atoms with Crippen molar-refractivity contribution in [2.75, 3.05) is 50.8 Å². The van der Waals surface area contributed by atoms with Gasteiger partial charge in [0.2, 0.25) is 0 Å². The van der Waals surface area contributed by atoms with Crippen LogP contribution in [0, 0.1) is 5.92 Å². The van der Waals surface area contributed by atoms with Crippen molar-refractivity contribution in [2.24, 2.45) is 5.92 Å². The third-order valence-corrected chi connectivity index (χ3v) is 7.54. The number of anilines is 1. The van der Waals surface area contributed by atoms with Gasteiger partial charge in [0, 0.05) is 74.0 Å². The third kappa shape index (κ3) is 4.69. The molecule has 2 amide bonds. The lowest BCUT2D eigenvalue weighted by atomic mass is 9.99. The molecule has 2 aliphatic heterocycles. The number of hydrogen-bond donors (Lipinski definition) is 2. The number of H-pyrrole nitrogens is 1. The number of ether oxygens (including phenoxy) is 1. The molecule has 2 aliphatic rings. The minimum atomic E-state index is -0.955. The van der Waals surface area contributed by atoms with Crippen molar-refractivity contribution >= 4 is 39.6 Å². The molecule has 0 radical (unpaired) electrons. The van der Waals surface area contributed by atoms with Gasteiger partial charge in [0.25, 0.3) is 0 Å². The molecule has 6 rings (SSSR count). The highest BCUT2D eigenvalue weighted by Gasteiger charge is 2.30. The van der Waals surface area contributed by atoms with Crippen LogP contribution in [0.15, 0.2) is 55.0 Å². The van der Waals surface area contributed by atoms with Crippen molar-refractivity contribution in [3.8, 4) is 5.75 Å². The largest absolute Gasteiger partial charge is 0.493 e. The molecule has 1 unspecified atom stereocenters. The standard InChI is InChI=1S/C28H30N6O4/c35-27(36)20-3-5-21(6-4-20)38-18-19-2-1-11-34(17-19)28(37)33-14-12-32(13-15-33)24-8-10-29-23-16-31-26-22(25(23)24)7-9-30-26/h3-10,16,19H,1-2,11-15,17-18H2,(H,30,31)(H,35,36). The molecular formula is C28H30N6O4. The van der Waals surface area contributed by atoms with Gasteiger partial charge in [0.1, 0.15) is 11.4 Å². The number of benzene rings is 1. The maximum Gasteiger partial charge on any atom is 0.335 e. The summed E-state index contributed by atoms with van der Waals surface area (Å²) in [6.45, 7) is 4.77. The second kappa shape index (κ2) is 10.2. The molecule has 1 atom stereocenters. The van der Waals surface area contributed by atoms with Gasteiger partial charge in [-0.15, -0.1) is 0 Å². The van der Waals surface area contributed by atoms with E-state index >= 15 is 0 Å². The fourth-order valence-electron chi connectivity index (χ4n) is 5.52. The summed E-state index contributed by atoms with van der Waals surface area (Å²) in [5.74, 6) is -0.0668. The van der Waals surface area contributed by atoms with Gasteiger partial charge in [-0.05, 0) is 49.2 Å². The molecule has 38 heavy (non-hydrogen) atoms. The summed E-state index contributed by atoms with van der Waals surface area (Å²) >= 11 is 0. The average molecular weight is 515 g/mol. The second-order valence-electron chi connectivity index (χ2n) is 9.94. The number of urea groups is 1. The lowest BCUT2D eigenvalue weighted by Gasteiger charge is -2.41. The van der Waals surface area contributed by atoms with E-state index in [9.17, 15) is 9.59 Å². The van der Waals surface area contributed by atoms with E-state index in [1.165, 1.54) is 0 Å². The fraction of sp³-hybridized carbons (Fsp3) is 0.357. The van der Waals surface area contributed by atoms with Gasteiger partial charge >= 0.3 is 12.0 Å². The SMILES string of the molecule is O=C(O)c1ccc(OCC2CCCN(C(=O)N3CCN(c4ccnc5cnc6[nH]ccc6c45)CC3)C2)cc1. The van der Waals surface area contributed by atoms with Gasteiger partial charge in [0.15, 0.2) is 0 Å². The molecule has 2 N–H and O–H groups in total. The van der Waals surface area contributed by atoms with Gasteiger partial charge in [-0.25, -0.2) is 14.6 Å². The van der Waals surface area contributed by atoms with E-state index < -0.39 is 5.97 Å². The van der Waals surface area contributed by atoms with Crippen molar-refractivity contribution in [2.45, 2.75) is 12.8 Å². The summed E-state index contributed by atoms with van der Waals surface area (Å²) in [7, 11) is 0. The number of carbonyl (C=O) groups is 2. The number of likely N-dealkylation sites (tertiary alicyclic amines) is 1. The smallest absolute Gasteiger partial charge is 0.335 e. The average Bonchev–Trinajstić information content (AvgIpc) is 3.45. The van der Waals surface area contributed by atoms with Crippen LogP contribution in [0.5, 0.6) is 5.75 Å². The van der Waals surface area contributed by atoms with E-state index in [-0.39, 0.29) is 17.5 Å². The molecule has 0 aliphatic carbocycles. The van der Waals surface area contributed by atoms with Crippen LogP contribution in [0.3, 0.4) is 0 Å². The Balaban J connectivity index is 1.06. The zero-order valence-corrected chi connectivity index (χ0v) is 21.0. The fourth-order valence-corrected chi connectivity index (χ4v) is 5.52. The van der Waals surface area contributed by atoms with E-state index in [1.807, 2.05) is 28.3 Å². The number of amides is 2. The predicted octanol–water partition coefficient (Wildman–Crippen LogP) is 3.84. The molecule has 10 nitrogen and oxygen atoms in total. The van der Waals surface area contributed by atoms with Crippen LogP contribution in [-0.4, -0.2) is 87.7 Å². The Morgan fingerprint density at radius 2 is 1.82 bits per heavy atom. The van der Waals surface area contributed by atoms with E-state index in [1.54, 1.807) is 30.5 Å². The number of piperidine rings is 1. The van der Waals surface area contributed by atoms with Gasteiger partial charge < -0.3 is 29.5 Å². The Hall–Kier alpha value is -4.34. The number of aromatic carboxylic acids is 1. The molecule has 1 aromatic carbocycles. The molecule has 10 heteroatoms. The number of hydrogen-bond acceptors (Lipinski definition) is 6. The number of carboxylic acid groups (broad SMARTS) is 1. The molecule has 196 valence electrons. The lowest BCUT2D eigenvalue weighted by Crippen LogP contribution is -2.54. The number of aromatic nitrogens is 3. The summed E-state index contributed by atoms with van der Waals surface area (Å²) in [5.41, 5.74) is 3.08. The summed E-state index contributed by atoms with van der Waals surface area (Å²) in [5, 5.41) is 11.2. The van der Waals surface area contributed by atoms with E-state index in [4.69, 9.17) is 9.84 Å². The molecule has 2 fully saturated rings. The summed E-state index contributed by atoms with van der Waals surface area (Å²) in [4.78, 5) is 42.8. The quantitative estimate of drug-likeness (QED) is 0.416. The highest BCUT2D eigenvalue weighted by Crippen LogP contribution is 2.32. The molecule has 4 aromatic rings. The first kappa shape index (κ1) is 24.0. The number of pyridine rings is 2. The molecule has 3 aromatic heterocycles. The molecular weight excluding hydrogens is 484 g/mol. The van der Waals surface area contributed by atoms with Crippen molar-refractivity contribution < 1.29 is 19.4 Å². The summed E-state index contributed by atoms with van der Waals surface area (Å²) in [6, 6.07) is 10.6. The third-order valence-electron chi connectivity index (χ3n) is 7.54. The van der Waals surface area contributed by atoms with Crippen LogP contribution in [0.2, 0.25) is 0 Å². The first-order valence-corrected chi connectivity index (χ1v) is 13.0. The molecule has 2 saturated heterocycles. The Morgan fingerprint density at radius 3 is 2.61 bits per heavy atom. The summed E-state index contributed by atoms with van der Waals surface area (Å²) < 4.78 is 5.91. The van der Waals surface area contributed by atoms with Crippen LogP contribution in [-0.2, 0) is 0 Å². The van der Waals surface area contributed by atoms with Crippen molar-refractivity contribution in [3.05, 3.63) is 60.6 Å².